The molecule has 0 aliphatic carbocycles. The van der Waals surface area contributed by atoms with E-state index in [0.717, 1.165) is 0 Å². The number of anilines is 1. The van der Waals surface area contributed by atoms with Crippen LogP contribution in [0.5, 0.6) is 0 Å². The van der Waals surface area contributed by atoms with Gasteiger partial charge in [0.15, 0.2) is 0 Å². The minimum atomic E-state index is -4.70. The van der Waals surface area contributed by atoms with Crippen molar-refractivity contribution in [2.75, 3.05) is 18.4 Å². The van der Waals surface area contributed by atoms with Gasteiger partial charge in [0.1, 0.15) is 13.1 Å². The average Bonchev–Trinajstić information content (AvgIpc) is 2.36. The summed E-state index contributed by atoms with van der Waals surface area (Å²) in [6, 6.07) is 4.70. The summed E-state index contributed by atoms with van der Waals surface area (Å²) in [5.74, 6) is 0.752. The lowest BCUT2D eigenvalue weighted by Gasteiger charge is -2.22. The number of carbonyl (C=O) groups is 2. The van der Waals surface area contributed by atoms with E-state index in [4.69, 9.17) is 11.5 Å². The van der Waals surface area contributed by atoms with Gasteiger partial charge in [0, 0.05) is 11.3 Å². The highest BCUT2D eigenvalue weighted by Crippen LogP contribution is 2.17. The van der Waals surface area contributed by atoms with Crippen molar-refractivity contribution in [3.8, 4) is 12.3 Å². The van der Waals surface area contributed by atoms with E-state index in [1.807, 2.05) is 0 Å². The third-order valence-electron chi connectivity index (χ3n) is 2.26. The lowest BCUT2D eigenvalue weighted by atomic mass is 10.2. The van der Waals surface area contributed by atoms with Crippen molar-refractivity contribution >= 4 is 17.7 Å². The molecule has 112 valence electrons. The average molecular weight is 300 g/mol. The fourth-order valence-electron chi connectivity index (χ4n) is 1.47. The van der Waals surface area contributed by atoms with Gasteiger partial charge in [-0.3, -0.25) is 4.79 Å². The van der Waals surface area contributed by atoms with Crippen LogP contribution in [-0.2, 0) is 4.79 Å². The molecule has 21 heavy (non-hydrogen) atoms. The predicted molar refractivity (Wildman–Crippen MR) is 68.7 cm³/mol. The van der Waals surface area contributed by atoms with E-state index in [1.54, 1.807) is 6.07 Å². The Labute approximate surface area is 118 Å². The molecule has 1 aromatic rings. The molecule has 0 aliphatic heterocycles. The number of nitrogens with zero attached hydrogens (tertiary/aromatic N) is 1. The van der Waals surface area contributed by atoms with Gasteiger partial charge in [0.05, 0.1) is 0 Å². The Bertz CT molecular complexity index is 579. The number of hydrogen-bond acceptors (Lipinski definition) is 2. The molecule has 2 amide bonds. The second-order valence-corrected chi connectivity index (χ2v) is 4.02. The number of halogens is 3. The highest BCUT2D eigenvalue weighted by Gasteiger charge is 2.34. The number of urea groups is 1. The number of carbonyl (C=O) groups excluding carboxylic acids is 1. The molecule has 0 saturated heterocycles. The second kappa shape index (κ2) is 6.65. The number of nitrogens with one attached hydrogen (secondary N) is 1. The Morgan fingerprint density at radius 3 is 2.57 bits per heavy atom. The number of amides is 2. The fourth-order valence-corrected chi connectivity index (χ4v) is 1.47. The number of aliphatic carboxylic acids is 1. The number of carboxylic acid groups (broad SMARTS) is 1. The van der Waals surface area contributed by atoms with Crippen LogP contribution in [0.4, 0.5) is 23.7 Å². The molecule has 0 unspecified atom stereocenters. The Morgan fingerprint density at radius 1 is 1.38 bits per heavy atom. The Balaban J connectivity index is 2.85. The van der Waals surface area contributed by atoms with Crippen molar-refractivity contribution in [2.24, 2.45) is 0 Å². The maximum Gasteiger partial charge on any atom is 0.406 e. The summed E-state index contributed by atoms with van der Waals surface area (Å²) in [6.45, 7) is -2.74. The van der Waals surface area contributed by atoms with Crippen LogP contribution < -0.4 is 5.32 Å². The quantitative estimate of drug-likeness (QED) is 0.837. The Morgan fingerprint density at radius 2 is 2.05 bits per heavy atom. The first-order chi connectivity index (χ1) is 9.71. The third kappa shape index (κ3) is 5.86. The molecule has 5 nitrogen and oxygen atoms in total. The first-order valence-electron chi connectivity index (χ1n) is 5.62. The van der Waals surface area contributed by atoms with Gasteiger partial charge >= 0.3 is 18.2 Å². The number of carboxylic acids is 1. The number of terminal acetylenes is 1. The van der Waals surface area contributed by atoms with Crippen LogP contribution in [0.1, 0.15) is 5.56 Å². The highest BCUT2D eigenvalue weighted by atomic mass is 19.4. The van der Waals surface area contributed by atoms with Gasteiger partial charge in [0.2, 0.25) is 0 Å². The summed E-state index contributed by atoms with van der Waals surface area (Å²) in [5, 5.41) is 10.7. The van der Waals surface area contributed by atoms with E-state index < -0.39 is 31.3 Å². The van der Waals surface area contributed by atoms with Crippen LogP contribution in [0.25, 0.3) is 0 Å². The monoisotopic (exact) mass is 300 g/mol. The van der Waals surface area contributed by atoms with Crippen LogP contribution in [0.2, 0.25) is 0 Å². The lowest BCUT2D eigenvalue weighted by Crippen LogP contribution is -2.44. The topological polar surface area (TPSA) is 69.6 Å². The lowest BCUT2D eigenvalue weighted by molar-refractivity contribution is -0.148. The minimum Gasteiger partial charge on any atom is -0.480 e. The molecule has 0 radical (unpaired) electrons. The van der Waals surface area contributed by atoms with Gasteiger partial charge in [0.25, 0.3) is 0 Å². The summed E-state index contributed by atoms with van der Waals surface area (Å²) >= 11 is 0. The first kappa shape index (κ1) is 16.4. The predicted octanol–water partition coefficient (Wildman–Crippen LogP) is 2.15. The zero-order chi connectivity index (χ0) is 16.0. The minimum absolute atomic E-state index is 0.144. The Hall–Kier alpha value is -2.69. The maximum absolute atomic E-state index is 12.3. The summed E-state index contributed by atoms with van der Waals surface area (Å²) < 4.78 is 37.0. The van der Waals surface area contributed by atoms with E-state index in [2.05, 4.69) is 11.2 Å². The molecule has 1 rings (SSSR count). The first-order valence-corrected chi connectivity index (χ1v) is 5.62. The normalized spacial score (nSPS) is 10.6. The molecule has 0 spiro atoms. The fraction of sp³-hybridized carbons (Fsp3) is 0.231. The molecule has 0 aromatic heterocycles. The highest BCUT2D eigenvalue weighted by molar-refractivity contribution is 5.91. The zero-order valence-electron chi connectivity index (χ0n) is 10.6. The van der Waals surface area contributed by atoms with E-state index in [1.165, 1.54) is 18.2 Å². The maximum atomic E-state index is 12.3. The van der Waals surface area contributed by atoms with Gasteiger partial charge < -0.3 is 15.3 Å². The van der Waals surface area contributed by atoms with Gasteiger partial charge in [-0.05, 0) is 18.2 Å². The molecule has 0 fully saturated rings. The van der Waals surface area contributed by atoms with Crippen molar-refractivity contribution in [3.05, 3.63) is 29.8 Å². The smallest absolute Gasteiger partial charge is 0.406 e. The SMILES string of the molecule is C#Cc1cccc(NC(=O)N(CC(=O)O)CC(F)(F)F)c1. The van der Waals surface area contributed by atoms with Gasteiger partial charge in [-0.2, -0.15) is 13.2 Å². The van der Waals surface area contributed by atoms with E-state index in [9.17, 15) is 22.8 Å². The van der Waals surface area contributed by atoms with Gasteiger partial charge in [-0.1, -0.05) is 12.0 Å². The van der Waals surface area contributed by atoms with Crippen molar-refractivity contribution in [1.29, 1.82) is 0 Å². The van der Waals surface area contributed by atoms with E-state index in [0.29, 0.717) is 5.56 Å². The summed E-state index contributed by atoms with van der Waals surface area (Å²) in [7, 11) is 0. The zero-order valence-corrected chi connectivity index (χ0v) is 10.6. The number of hydrogen-bond donors (Lipinski definition) is 2. The molecule has 8 heteroatoms. The molecular weight excluding hydrogens is 289 g/mol. The molecule has 2 N–H and O–H groups in total. The van der Waals surface area contributed by atoms with Gasteiger partial charge in [-0.25, -0.2) is 4.79 Å². The van der Waals surface area contributed by atoms with Crippen molar-refractivity contribution in [2.45, 2.75) is 6.18 Å². The molecular formula is C13H11F3N2O3. The standard InChI is InChI=1S/C13H11F3N2O3/c1-2-9-4-3-5-10(6-9)17-12(21)18(7-11(19)20)8-13(14,15)16/h1,3-6H,7-8H2,(H,17,21)(H,19,20). The number of benzene rings is 1. The van der Waals surface area contributed by atoms with Crippen molar-refractivity contribution in [3.63, 3.8) is 0 Å². The number of rotatable bonds is 4. The molecule has 0 aliphatic rings. The van der Waals surface area contributed by atoms with E-state index in [-0.39, 0.29) is 10.6 Å². The summed E-state index contributed by atoms with van der Waals surface area (Å²) in [6.07, 6.45) is 0.458. The van der Waals surface area contributed by atoms with Crippen LogP contribution in [0.15, 0.2) is 24.3 Å². The molecule has 1 aromatic carbocycles. The van der Waals surface area contributed by atoms with E-state index >= 15 is 0 Å². The van der Waals surface area contributed by atoms with Gasteiger partial charge in [-0.15, -0.1) is 6.42 Å². The second-order valence-electron chi connectivity index (χ2n) is 4.02. The van der Waals surface area contributed by atoms with Crippen LogP contribution in [0, 0.1) is 12.3 Å². The summed E-state index contributed by atoms with van der Waals surface area (Å²) in [4.78, 5) is 22.4. The number of alkyl halides is 3. The van der Waals surface area contributed by atoms with Crippen LogP contribution in [0.3, 0.4) is 0 Å². The van der Waals surface area contributed by atoms with Crippen LogP contribution >= 0.6 is 0 Å². The molecule has 0 bridgehead atoms. The van der Waals surface area contributed by atoms with Crippen molar-refractivity contribution < 1.29 is 27.9 Å². The molecule has 0 heterocycles. The van der Waals surface area contributed by atoms with Crippen molar-refractivity contribution in [1.82, 2.24) is 4.90 Å². The molecule has 0 atom stereocenters. The Kier molecular flexibility index (Phi) is 5.18. The third-order valence-corrected chi connectivity index (χ3v) is 2.26. The largest absolute Gasteiger partial charge is 0.480 e. The molecule has 0 saturated carbocycles. The summed E-state index contributed by atoms with van der Waals surface area (Å²) in [5.41, 5.74) is 0.599. The van der Waals surface area contributed by atoms with Crippen LogP contribution in [-0.4, -0.2) is 41.3 Å².